The fraction of sp³-hybridized carbons (Fsp3) is 0.111. The average Bonchev–Trinajstić information content (AvgIpc) is 2.65. The van der Waals surface area contributed by atoms with E-state index in [1.54, 1.807) is 6.20 Å². The van der Waals surface area contributed by atoms with Crippen LogP contribution < -0.4 is 5.43 Å². The first-order chi connectivity index (χ1) is 12.2. The van der Waals surface area contributed by atoms with Crippen molar-refractivity contribution in [2.75, 3.05) is 16.9 Å². The van der Waals surface area contributed by atoms with Crippen molar-refractivity contribution in [2.24, 2.45) is 5.10 Å². The van der Waals surface area contributed by atoms with Gasteiger partial charge in [-0.15, -0.1) is 16.9 Å². The van der Waals surface area contributed by atoms with Gasteiger partial charge < -0.3 is 5.11 Å². The molecule has 126 valence electrons. The zero-order chi connectivity index (χ0) is 17.5. The van der Waals surface area contributed by atoms with Crippen LogP contribution in [0.4, 0.5) is 5.82 Å². The molecule has 1 heterocycles. The maximum absolute atomic E-state index is 10.7. The molecule has 0 spiro atoms. The van der Waals surface area contributed by atoms with Crippen LogP contribution in [0.1, 0.15) is 5.56 Å². The van der Waals surface area contributed by atoms with Gasteiger partial charge in [0.1, 0.15) is 0 Å². The summed E-state index contributed by atoms with van der Waals surface area (Å²) < 4.78 is 0. The van der Waals surface area contributed by atoms with E-state index >= 15 is 0 Å². The number of benzene rings is 2. The van der Waals surface area contributed by atoms with Crippen LogP contribution in [0.15, 0.2) is 65.9 Å². The topological polar surface area (TPSA) is 87.5 Å². The first kappa shape index (κ1) is 16.9. The van der Waals surface area contributed by atoms with Crippen molar-refractivity contribution >= 4 is 40.0 Å². The van der Waals surface area contributed by atoms with Crippen molar-refractivity contribution in [2.45, 2.75) is 0 Å². The summed E-state index contributed by atoms with van der Waals surface area (Å²) in [6, 6.07) is 17.4. The summed E-state index contributed by atoms with van der Waals surface area (Å²) in [7, 11) is 0. The van der Waals surface area contributed by atoms with E-state index in [4.69, 9.17) is 5.11 Å². The molecule has 0 saturated carbocycles. The molecule has 0 bridgehead atoms. The number of carboxylic acid groups (broad SMARTS) is 1. The molecular weight excluding hydrogens is 336 g/mol. The first-order valence-corrected chi connectivity index (χ1v) is 8.77. The number of carbonyl (C=O) groups is 1. The van der Waals surface area contributed by atoms with Crippen LogP contribution in [-0.2, 0) is 4.79 Å². The van der Waals surface area contributed by atoms with Gasteiger partial charge in [-0.05, 0) is 5.56 Å². The van der Waals surface area contributed by atoms with Crippen LogP contribution in [0.3, 0.4) is 0 Å². The summed E-state index contributed by atoms with van der Waals surface area (Å²) in [5, 5.41) is 23.3. The van der Waals surface area contributed by atoms with Gasteiger partial charge in [0.05, 0.1) is 17.7 Å². The maximum atomic E-state index is 10.7. The van der Waals surface area contributed by atoms with Crippen LogP contribution >= 0.6 is 11.8 Å². The Morgan fingerprint density at radius 1 is 1.08 bits per heavy atom. The third-order valence-electron chi connectivity index (χ3n) is 3.44. The number of hydrogen-bond acceptors (Lipinski definition) is 6. The SMILES string of the molecule is O=C(O)CSC/C(=N\Nc1nncc2ccccc12)c1ccccc1. The fourth-order valence-electron chi connectivity index (χ4n) is 2.28. The Labute approximate surface area is 149 Å². The molecule has 2 aromatic carbocycles. The minimum absolute atomic E-state index is 0.0277. The number of nitrogens with zero attached hydrogens (tertiary/aromatic N) is 3. The van der Waals surface area contributed by atoms with Gasteiger partial charge in [-0.2, -0.15) is 10.2 Å². The maximum Gasteiger partial charge on any atom is 0.313 e. The lowest BCUT2D eigenvalue weighted by molar-refractivity contribution is -0.133. The van der Waals surface area contributed by atoms with Crippen LogP contribution in [0.25, 0.3) is 10.8 Å². The largest absolute Gasteiger partial charge is 0.481 e. The Hall–Kier alpha value is -2.93. The third kappa shape index (κ3) is 4.54. The van der Waals surface area contributed by atoms with Gasteiger partial charge in [-0.1, -0.05) is 54.6 Å². The zero-order valence-electron chi connectivity index (χ0n) is 13.3. The second kappa shape index (κ2) is 8.25. The van der Waals surface area contributed by atoms with Crippen molar-refractivity contribution in [3.05, 3.63) is 66.4 Å². The smallest absolute Gasteiger partial charge is 0.313 e. The van der Waals surface area contributed by atoms with Crippen molar-refractivity contribution in [3.8, 4) is 0 Å². The molecule has 0 radical (unpaired) electrons. The van der Waals surface area contributed by atoms with Gasteiger partial charge in [0, 0.05) is 16.5 Å². The molecule has 0 atom stereocenters. The predicted octanol–water partition coefficient (Wildman–Crippen LogP) is 3.26. The molecule has 0 unspecified atom stereocenters. The molecule has 2 N–H and O–H groups in total. The van der Waals surface area contributed by atoms with Gasteiger partial charge in [0.25, 0.3) is 0 Å². The summed E-state index contributed by atoms with van der Waals surface area (Å²) >= 11 is 1.30. The molecule has 0 aliphatic carbocycles. The van der Waals surface area contributed by atoms with Crippen LogP contribution in [-0.4, -0.2) is 38.5 Å². The monoisotopic (exact) mass is 352 g/mol. The standard InChI is InChI=1S/C18H16N4O2S/c23-17(24)12-25-11-16(13-6-2-1-3-7-13)20-22-18-15-9-5-4-8-14(15)10-19-21-18/h1-10H,11-12H2,(H,21,22)(H,23,24)/b20-16+. The number of fused-ring (bicyclic) bond motifs is 1. The quantitative estimate of drug-likeness (QED) is 0.501. The Bertz CT molecular complexity index is 894. The normalized spacial score (nSPS) is 11.4. The second-order valence-electron chi connectivity index (χ2n) is 5.20. The highest BCUT2D eigenvalue weighted by atomic mass is 32.2. The molecular formula is C18H16N4O2S. The van der Waals surface area contributed by atoms with Gasteiger partial charge in [-0.25, -0.2) is 0 Å². The number of hydrazone groups is 1. The Balaban J connectivity index is 1.85. The van der Waals surface area contributed by atoms with E-state index in [0.717, 1.165) is 22.0 Å². The van der Waals surface area contributed by atoms with Gasteiger partial charge in [0.2, 0.25) is 0 Å². The number of rotatable bonds is 7. The van der Waals surface area contributed by atoms with Gasteiger partial charge in [0.15, 0.2) is 5.82 Å². The van der Waals surface area contributed by atoms with Crippen molar-refractivity contribution in [1.82, 2.24) is 10.2 Å². The molecule has 6 nitrogen and oxygen atoms in total. The highest BCUT2D eigenvalue weighted by Gasteiger charge is 2.07. The molecule has 25 heavy (non-hydrogen) atoms. The zero-order valence-corrected chi connectivity index (χ0v) is 14.1. The summed E-state index contributed by atoms with van der Waals surface area (Å²) in [5.41, 5.74) is 4.66. The van der Waals surface area contributed by atoms with Gasteiger partial charge in [-0.3, -0.25) is 10.2 Å². The molecule has 3 aromatic rings. The van der Waals surface area contributed by atoms with Crippen molar-refractivity contribution in [3.63, 3.8) is 0 Å². The number of hydrogen-bond donors (Lipinski definition) is 2. The van der Waals surface area contributed by atoms with Crippen molar-refractivity contribution < 1.29 is 9.90 Å². The third-order valence-corrected chi connectivity index (χ3v) is 4.37. The highest BCUT2D eigenvalue weighted by Crippen LogP contribution is 2.19. The molecule has 0 amide bonds. The van der Waals surface area contributed by atoms with E-state index < -0.39 is 5.97 Å². The molecule has 0 saturated heterocycles. The Kier molecular flexibility index (Phi) is 5.58. The number of carboxylic acids is 1. The second-order valence-corrected chi connectivity index (χ2v) is 6.19. The Morgan fingerprint density at radius 3 is 2.64 bits per heavy atom. The number of nitrogens with one attached hydrogen (secondary N) is 1. The van der Waals surface area contributed by atoms with Crippen LogP contribution in [0.2, 0.25) is 0 Å². The van der Waals surface area contributed by atoms with E-state index in [-0.39, 0.29) is 5.75 Å². The number of thioether (sulfide) groups is 1. The fourth-order valence-corrected chi connectivity index (χ4v) is 2.98. The molecule has 7 heteroatoms. The Morgan fingerprint density at radius 2 is 1.84 bits per heavy atom. The molecule has 1 aromatic heterocycles. The highest BCUT2D eigenvalue weighted by molar-refractivity contribution is 8.00. The lowest BCUT2D eigenvalue weighted by Gasteiger charge is -2.08. The summed E-state index contributed by atoms with van der Waals surface area (Å²) in [5.74, 6) is 0.224. The summed E-state index contributed by atoms with van der Waals surface area (Å²) in [4.78, 5) is 10.7. The van der Waals surface area contributed by atoms with E-state index in [1.807, 2.05) is 54.6 Å². The predicted molar refractivity (Wildman–Crippen MR) is 101 cm³/mol. The lowest BCUT2D eigenvalue weighted by Crippen LogP contribution is -2.10. The van der Waals surface area contributed by atoms with E-state index in [0.29, 0.717) is 11.6 Å². The number of anilines is 1. The molecule has 0 aliphatic heterocycles. The van der Waals surface area contributed by atoms with Crippen LogP contribution in [0, 0.1) is 0 Å². The number of aromatic nitrogens is 2. The molecule has 0 fully saturated rings. The average molecular weight is 352 g/mol. The first-order valence-electron chi connectivity index (χ1n) is 7.62. The minimum Gasteiger partial charge on any atom is -0.481 e. The molecule has 3 rings (SSSR count). The van der Waals surface area contributed by atoms with E-state index in [2.05, 4.69) is 20.7 Å². The van der Waals surface area contributed by atoms with E-state index in [1.165, 1.54) is 11.8 Å². The summed E-state index contributed by atoms with van der Waals surface area (Å²) in [6.07, 6.45) is 1.70. The summed E-state index contributed by atoms with van der Waals surface area (Å²) in [6.45, 7) is 0. The van der Waals surface area contributed by atoms with Crippen LogP contribution in [0.5, 0.6) is 0 Å². The van der Waals surface area contributed by atoms with Crippen molar-refractivity contribution in [1.29, 1.82) is 0 Å². The minimum atomic E-state index is -0.842. The number of aliphatic carboxylic acids is 1. The van der Waals surface area contributed by atoms with Gasteiger partial charge >= 0.3 is 5.97 Å². The lowest BCUT2D eigenvalue weighted by atomic mass is 10.1. The van der Waals surface area contributed by atoms with E-state index in [9.17, 15) is 4.79 Å². The molecule has 0 aliphatic rings.